The van der Waals surface area contributed by atoms with Crippen LogP contribution in [-0.4, -0.2) is 38.2 Å². The van der Waals surface area contributed by atoms with Crippen LogP contribution in [0.4, 0.5) is 35.1 Å². The molecule has 6 nitrogen and oxygen atoms in total. The van der Waals surface area contributed by atoms with Crippen molar-refractivity contribution >= 4 is 17.2 Å². The van der Waals surface area contributed by atoms with E-state index < -0.39 is 41.3 Å². The number of amides is 1. The molecule has 0 atom stereocenters. The van der Waals surface area contributed by atoms with Gasteiger partial charge in [-0.3, -0.25) is 4.79 Å². The van der Waals surface area contributed by atoms with E-state index in [1.54, 1.807) is 6.92 Å². The van der Waals surface area contributed by atoms with Gasteiger partial charge in [0.15, 0.2) is 11.5 Å². The predicted molar refractivity (Wildman–Crippen MR) is 104 cm³/mol. The van der Waals surface area contributed by atoms with Crippen molar-refractivity contribution in [1.29, 1.82) is 0 Å². The van der Waals surface area contributed by atoms with Gasteiger partial charge in [0.25, 0.3) is 5.91 Å². The molecule has 15 heteroatoms. The summed E-state index contributed by atoms with van der Waals surface area (Å²) in [5.41, 5.74) is -4.33. The van der Waals surface area contributed by atoms with Gasteiger partial charge in [0.2, 0.25) is 0 Å². The number of carbonyl (C=O) groups is 1. The Kier molecular flexibility index (Phi) is 6.25. The molecule has 1 amide bonds. The molecule has 3 heterocycles. The van der Waals surface area contributed by atoms with Crippen molar-refractivity contribution in [3.05, 3.63) is 40.2 Å². The van der Waals surface area contributed by atoms with Gasteiger partial charge in [-0.2, -0.15) is 45.3 Å². The van der Waals surface area contributed by atoms with Crippen molar-refractivity contribution in [2.75, 3.05) is 6.54 Å². The van der Waals surface area contributed by atoms with E-state index in [9.17, 15) is 39.9 Å². The van der Waals surface area contributed by atoms with Crippen molar-refractivity contribution in [1.82, 2.24) is 24.9 Å². The van der Waals surface area contributed by atoms with Crippen LogP contribution in [0.5, 0.6) is 0 Å². The smallest absolute Gasteiger partial charge is 0.341 e. The third-order valence-electron chi connectivity index (χ3n) is 4.55. The Morgan fingerprint density at radius 3 is 2.41 bits per heavy atom. The molecule has 0 saturated heterocycles. The lowest BCUT2D eigenvalue weighted by atomic mass is 10.1. The normalized spacial score (nSPS) is 12.6. The molecule has 0 aliphatic heterocycles. The van der Waals surface area contributed by atoms with Crippen LogP contribution in [0.15, 0.2) is 18.5 Å². The highest BCUT2D eigenvalue weighted by molar-refractivity contribution is 7.15. The van der Waals surface area contributed by atoms with Crippen molar-refractivity contribution in [2.24, 2.45) is 7.05 Å². The lowest BCUT2D eigenvalue weighted by Crippen LogP contribution is -2.36. The fourth-order valence-corrected chi connectivity index (χ4v) is 4.03. The molecule has 3 aromatic rings. The SMILES string of the molecule is C#CCNC(=O)c1cc(-c2cnn(-c3c(C(F)(F)F)c(C(F)(F)C(F)(F)F)nn3C)c2)sc1C. The summed E-state index contributed by atoms with van der Waals surface area (Å²) in [4.78, 5) is 13.1. The lowest BCUT2D eigenvalue weighted by Gasteiger charge is -2.19. The molecule has 0 fully saturated rings. The summed E-state index contributed by atoms with van der Waals surface area (Å²) < 4.78 is 108. The molecule has 0 radical (unpaired) electrons. The molecule has 0 saturated carbocycles. The van der Waals surface area contributed by atoms with Crippen LogP contribution >= 0.6 is 11.3 Å². The highest BCUT2D eigenvalue weighted by Crippen LogP contribution is 2.49. The highest BCUT2D eigenvalue weighted by Gasteiger charge is 2.64. The number of aryl methyl sites for hydroxylation is 2. The second-order valence-electron chi connectivity index (χ2n) is 6.88. The quantitative estimate of drug-likeness (QED) is 0.400. The molecule has 182 valence electrons. The van der Waals surface area contributed by atoms with Gasteiger partial charge in [0.05, 0.1) is 18.3 Å². The molecule has 34 heavy (non-hydrogen) atoms. The van der Waals surface area contributed by atoms with Crippen molar-refractivity contribution < 1.29 is 39.9 Å². The van der Waals surface area contributed by atoms with E-state index >= 15 is 0 Å². The molecule has 0 bridgehead atoms. The number of thiophene rings is 1. The Morgan fingerprint density at radius 2 is 1.85 bits per heavy atom. The van der Waals surface area contributed by atoms with Crippen LogP contribution in [0.25, 0.3) is 16.3 Å². The Balaban J connectivity index is 2.11. The average molecular weight is 511 g/mol. The molecule has 0 aromatic carbocycles. The van der Waals surface area contributed by atoms with Crippen LogP contribution in [0.2, 0.25) is 0 Å². The second kappa shape index (κ2) is 8.42. The maximum atomic E-state index is 13.9. The van der Waals surface area contributed by atoms with Crippen LogP contribution in [0, 0.1) is 19.3 Å². The van der Waals surface area contributed by atoms with E-state index in [0.717, 1.165) is 30.8 Å². The average Bonchev–Trinajstić information content (AvgIpc) is 3.41. The predicted octanol–water partition coefficient (Wildman–Crippen LogP) is 4.68. The molecular formula is C19H13F8N5OS. The monoisotopic (exact) mass is 511 g/mol. The van der Waals surface area contributed by atoms with E-state index in [1.807, 2.05) is 0 Å². The molecule has 3 rings (SSSR count). The molecule has 0 spiro atoms. The zero-order valence-electron chi connectivity index (χ0n) is 17.1. The number of carbonyl (C=O) groups excluding carboxylic acids is 1. The minimum atomic E-state index is -6.31. The summed E-state index contributed by atoms with van der Waals surface area (Å²) in [5.74, 6) is -5.27. The summed E-state index contributed by atoms with van der Waals surface area (Å²) in [5, 5.41) is 9.00. The number of hydrogen-bond acceptors (Lipinski definition) is 4. The number of halogens is 8. The summed E-state index contributed by atoms with van der Waals surface area (Å²) >= 11 is 1.09. The Morgan fingerprint density at radius 1 is 1.21 bits per heavy atom. The van der Waals surface area contributed by atoms with Gasteiger partial charge in [-0.1, -0.05) is 5.92 Å². The van der Waals surface area contributed by atoms with Crippen molar-refractivity contribution in [3.8, 4) is 28.6 Å². The lowest BCUT2D eigenvalue weighted by molar-refractivity contribution is -0.292. The van der Waals surface area contributed by atoms with E-state index in [0.29, 0.717) is 14.4 Å². The van der Waals surface area contributed by atoms with E-state index in [4.69, 9.17) is 6.42 Å². The van der Waals surface area contributed by atoms with Gasteiger partial charge in [0, 0.05) is 28.6 Å². The topological polar surface area (TPSA) is 64.7 Å². The molecule has 1 N–H and O–H groups in total. The summed E-state index contributed by atoms with van der Waals surface area (Å²) in [6, 6.07) is 1.42. The van der Waals surface area contributed by atoms with E-state index in [-0.39, 0.29) is 22.4 Å². The largest absolute Gasteiger partial charge is 0.459 e. The summed E-state index contributed by atoms with van der Waals surface area (Å²) in [7, 11) is 0.783. The van der Waals surface area contributed by atoms with Crippen molar-refractivity contribution in [2.45, 2.75) is 25.2 Å². The molecule has 0 aliphatic rings. The van der Waals surface area contributed by atoms with Gasteiger partial charge in [0.1, 0.15) is 5.56 Å². The first-order chi connectivity index (χ1) is 15.6. The minimum absolute atomic E-state index is 0.0347. The maximum Gasteiger partial charge on any atom is 0.459 e. The van der Waals surface area contributed by atoms with Crippen LogP contribution in [0.1, 0.15) is 26.5 Å². The van der Waals surface area contributed by atoms with Crippen LogP contribution in [0.3, 0.4) is 0 Å². The molecular weight excluding hydrogens is 498 g/mol. The fourth-order valence-electron chi connectivity index (χ4n) is 3.04. The van der Waals surface area contributed by atoms with E-state index in [1.165, 1.54) is 6.07 Å². The Labute approximate surface area is 190 Å². The number of hydrogen-bond donors (Lipinski definition) is 1. The molecule has 0 unspecified atom stereocenters. The first-order valence-corrected chi connectivity index (χ1v) is 9.88. The number of alkyl halides is 8. The standard InChI is InChI=1S/C19H13F8N5OS/c1-4-5-28-15(33)11-6-12(34-9(11)2)10-7-29-32(8-10)16-13(18(22,23)24)14(30-31(16)3)17(20,21)19(25,26)27/h1,6-8H,5H2,2-3H3,(H,28,33). The zero-order chi connectivity index (χ0) is 25.6. The van der Waals surface area contributed by atoms with Gasteiger partial charge in [-0.05, 0) is 13.0 Å². The summed E-state index contributed by atoms with van der Waals surface area (Å²) in [6.07, 6.45) is -4.76. The van der Waals surface area contributed by atoms with Gasteiger partial charge >= 0.3 is 18.3 Å². The molecule has 3 aromatic heterocycles. The maximum absolute atomic E-state index is 13.9. The number of nitrogens with one attached hydrogen (secondary N) is 1. The van der Waals surface area contributed by atoms with Gasteiger partial charge in [-0.25, -0.2) is 9.36 Å². The van der Waals surface area contributed by atoms with Gasteiger partial charge in [-0.15, -0.1) is 17.8 Å². The third kappa shape index (κ3) is 4.37. The first-order valence-electron chi connectivity index (χ1n) is 9.06. The fraction of sp³-hybridized carbons (Fsp3) is 0.316. The third-order valence-corrected chi connectivity index (χ3v) is 5.65. The second-order valence-corrected chi connectivity index (χ2v) is 8.14. The Bertz CT molecular complexity index is 1280. The number of terminal acetylenes is 1. The van der Waals surface area contributed by atoms with Gasteiger partial charge < -0.3 is 5.32 Å². The number of nitrogens with zero attached hydrogens (tertiary/aromatic N) is 4. The van der Waals surface area contributed by atoms with E-state index in [2.05, 4.69) is 21.4 Å². The number of rotatable bonds is 5. The zero-order valence-corrected chi connectivity index (χ0v) is 18.0. The van der Waals surface area contributed by atoms with Crippen molar-refractivity contribution in [3.63, 3.8) is 0 Å². The Hall–Kier alpha value is -3.41. The first kappa shape index (κ1) is 25.2. The highest BCUT2D eigenvalue weighted by atomic mass is 32.1. The van der Waals surface area contributed by atoms with Crippen LogP contribution < -0.4 is 5.32 Å². The summed E-state index contributed by atoms with van der Waals surface area (Å²) in [6.45, 7) is 1.57. The number of aromatic nitrogens is 4. The minimum Gasteiger partial charge on any atom is -0.341 e. The molecule has 0 aliphatic carbocycles. The van der Waals surface area contributed by atoms with Crippen LogP contribution in [-0.2, 0) is 19.1 Å².